The fraction of sp³-hybridized carbons (Fsp3) is 0.400. The smallest absolute Gasteiger partial charge is 0.472 e. The van der Waals surface area contributed by atoms with Crippen LogP contribution < -0.4 is 19.5 Å². The number of nitrogens with one attached hydrogen (secondary N) is 1. The average molecular weight is 565 g/mol. The third-order valence-electron chi connectivity index (χ3n) is 4.08. The van der Waals surface area contributed by atoms with Crippen molar-refractivity contribution in [1.29, 1.82) is 0 Å². The Bertz CT molecular complexity index is 1140. The second kappa shape index (κ2) is 17.4. The third kappa shape index (κ3) is 13.3. The number of benzene rings is 1. The molecule has 210 valence electrons. The van der Waals surface area contributed by atoms with E-state index in [1.54, 1.807) is 0 Å². The standard InChI is InChI=1S/C25H28NO12P/c1-6-10-32-22-14-20(15-23(33-11-7-2)24(22)34-12-8-3)25(29)26-9-13-36-39(30,31)37-17-21(38-19(5)28)16-35-18(4)27/h1-3,14-15,21H,9-13,16-17H2,4-5H3,(H,26,29)(H,30,31). The quantitative estimate of drug-likeness (QED) is 0.120. The third-order valence-corrected chi connectivity index (χ3v) is 5.06. The SMILES string of the molecule is C#CCOc1cc(C(=O)NCCOP(=O)(O)OCC(COC(C)=O)OC(C)=O)cc(OCC#C)c1OCC#C. The molecule has 39 heavy (non-hydrogen) atoms. The number of amides is 1. The van der Waals surface area contributed by atoms with Crippen LogP contribution in [0.2, 0.25) is 0 Å². The topological polar surface area (TPSA) is 165 Å². The van der Waals surface area contributed by atoms with Crippen molar-refractivity contribution >= 4 is 25.7 Å². The summed E-state index contributed by atoms with van der Waals surface area (Å²) < 4.78 is 47.7. The summed E-state index contributed by atoms with van der Waals surface area (Å²) in [6, 6.07) is 2.67. The molecule has 0 aromatic heterocycles. The number of hydrogen-bond acceptors (Lipinski definition) is 11. The Kier molecular flexibility index (Phi) is 14.6. The van der Waals surface area contributed by atoms with E-state index in [-0.39, 0.29) is 49.2 Å². The molecule has 0 aliphatic rings. The summed E-state index contributed by atoms with van der Waals surface area (Å²) in [7, 11) is -4.62. The maximum atomic E-state index is 12.7. The zero-order valence-electron chi connectivity index (χ0n) is 21.3. The molecule has 0 bridgehead atoms. The number of carbonyl (C=O) groups is 3. The van der Waals surface area contributed by atoms with Crippen LogP contribution in [0.5, 0.6) is 17.2 Å². The Balaban J connectivity index is 2.81. The van der Waals surface area contributed by atoms with Gasteiger partial charge in [-0.3, -0.25) is 23.4 Å². The molecule has 0 saturated heterocycles. The van der Waals surface area contributed by atoms with Gasteiger partial charge in [0.1, 0.15) is 26.4 Å². The van der Waals surface area contributed by atoms with E-state index in [1.807, 2.05) is 0 Å². The summed E-state index contributed by atoms with van der Waals surface area (Å²) in [6.07, 6.45) is 14.6. The van der Waals surface area contributed by atoms with Gasteiger partial charge in [0.2, 0.25) is 5.75 Å². The number of carbonyl (C=O) groups excluding carboxylic acids is 3. The number of ether oxygens (including phenoxy) is 5. The Morgan fingerprint density at radius 2 is 1.49 bits per heavy atom. The zero-order valence-corrected chi connectivity index (χ0v) is 22.2. The maximum Gasteiger partial charge on any atom is 0.472 e. The van der Waals surface area contributed by atoms with E-state index in [0.29, 0.717) is 0 Å². The minimum atomic E-state index is -4.62. The molecule has 0 radical (unpaired) electrons. The molecule has 0 aliphatic heterocycles. The van der Waals surface area contributed by atoms with Gasteiger partial charge < -0.3 is 33.9 Å². The highest BCUT2D eigenvalue weighted by Crippen LogP contribution is 2.43. The largest absolute Gasteiger partial charge is 0.477 e. The van der Waals surface area contributed by atoms with E-state index in [0.717, 1.165) is 13.8 Å². The van der Waals surface area contributed by atoms with E-state index in [9.17, 15) is 23.8 Å². The van der Waals surface area contributed by atoms with Gasteiger partial charge in [0.25, 0.3) is 5.91 Å². The number of phosphoric ester groups is 1. The van der Waals surface area contributed by atoms with Gasteiger partial charge in [-0.05, 0) is 12.1 Å². The van der Waals surface area contributed by atoms with Gasteiger partial charge in [0.15, 0.2) is 17.6 Å². The van der Waals surface area contributed by atoms with E-state index in [2.05, 4.69) is 23.1 Å². The molecular weight excluding hydrogens is 537 g/mol. The monoisotopic (exact) mass is 565 g/mol. The van der Waals surface area contributed by atoms with Crippen molar-refractivity contribution < 1.29 is 56.6 Å². The highest BCUT2D eigenvalue weighted by molar-refractivity contribution is 7.47. The molecule has 13 nitrogen and oxygen atoms in total. The Hall–Kier alpha value is -4.18. The lowest BCUT2D eigenvalue weighted by Crippen LogP contribution is -2.29. The fourth-order valence-electron chi connectivity index (χ4n) is 2.62. The molecule has 2 N–H and O–H groups in total. The predicted octanol–water partition coefficient (Wildman–Crippen LogP) is 1.08. The van der Waals surface area contributed by atoms with Gasteiger partial charge >= 0.3 is 19.8 Å². The predicted molar refractivity (Wildman–Crippen MR) is 136 cm³/mol. The highest BCUT2D eigenvalue weighted by Gasteiger charge is 2.25. The van der Waals surface area contributed by atoms with Crippen molar-refractivity contribution in [3.05, 3.63) is 17.7 Å². The number of esters is 2. The van der Waals surface area contributed by atoms with E-state index >= 15 is 0 Å². The van der Waals surface area contributed by atoms with Crippen molar-refractivity contribution in [2.45, 2.75) is 20.0 Å². The van der Waals surface area contributed by atoms with Crippen LogP contribution in [-0.4, -0.2) is 75.0 Å². The van der Waals surface area contributed by atoms with Crippen molar-refractivity contribution in [3.63, 3.8) is 0 Å². The van der Waals surface area contributed by atoms with Gasteiger partial charge in [-0.25, -0.2) is 4.57 Å². The second-order valence-electron chi connectivity index (χ2n) is 7.17. The normalized spacial score (nSPS) is 12.3. The first-order valence-corrected chi connectivity index (χ1v) is 12.6. The lowest BCUT2D eigenvalue weighted by Gasteiger charge is -2.19. The molecule has 0 saturated carbocycles. The molecule has 1 aromatic rings. The lowest BCUT2D eigenvalue weighted by atomic mass is 10.1. The van der Waals surface area contributed by atoms with Crippen LogP contribution in [0.25, 0.3) is 0 Å². The zero-order chi connectivity index (χ0) is 29.3. The number of terminal acetylenes is 3. The Morgan fingerprint density at radius 3 is 2.00 bits per heavy atom. The molecule has 1 rings (SSSR count). The van der Waals surface area contributed by atoms with Crippen LogP contribution >= 0.6 is 7.82 Å². The van der Waals surface area contributed by atoms with Gasteiger partial charge in [-0.2, -0.15) is 0 Å². The molecule has 0 spiro atoms. The van der Waals surface area contributed by atoms with Crippen LogP contribution in [0.4, 0.5) is 0 Å². The van der Waals surface area contributed by atoms with Gasteiger partial charge in [-0.1, -0.05) is 17.8 Å². The van der Waals surface area contributed by atoms with Crippen LogP contribution in [0.15, 0.2) is 12.1 Å². The Labute approximate surface area is 226 Å². The van der Waals surface area contributed by atoms with Gasteiger partial charge in [0.05, 0.1) is 13.2 Å². The van der Waals surface area contributed by atoms with Crippen LogP contribution in [0, 0.1) is 37.0 Å². The van der Waals surface area contributed by atoms with Crippen molar-refractivity contribution in [3.8, 4) is 54.3 Å². The van der Waals surface area contributed by atoms with E-state index in [4.69, 9.17) is 52.0 Å². The van der Waals surface area contributed by atoms with Crippen LogP contribution in [-0.2, 0) is 32.7 Å². The lowest BCUT2D eigenvalue weighted by molar-refractivity contribution is -0.158. The molecule has 1 amide bonds. The average Bonchev–Trinajstić information content (AvgIpc) is 2.88. The summed E-state index contributed by atoms with van der Waals surface area (Å²) in [4.78, 5) is 44.7. The van der Waals surface area contributed by atoms with Crippen molar-refractivity contribution in [2.24, 2.45) is 0 Å². The number of phosphoric acid groups is 1. The van der Waals surface area contributed by atoms with Gasteiger partial charge in [-0.15, -0.1) is 19.3 Å². The summed E-state index contributed by atoms with van der Waals surface area (Å²) in [5.74, 6) is 5.11. The molecule has 0 aliphatic carbocycles. The molecule has 1 aromatic carbocycles. The maximum absolute atomic E-state index is 12.7. The van der Waals surface area contributed by atoms with Crippen molar-refractivity contribution in [1.82, 2.24) is 5.32 Å². The highest BCUT2D eigenvalue weighted by atomic mass is 31.2. The Morgan fingerprint density at radius 1 is 0.923 bits per heavy atom. The molecule has 2 unspecified atom stereocenters. The molecule has 0 fully saturated rings. The summed E-state index contributed by atoms with van der Waals surface area (Å²) in [5.41, 5.74) is 0.0558. The fourth-order valence-corrected chi connectivity index (χ4v) is 3.37. The molecule has 14 heteroatoms. The number of hydrogen-bond donors (Lipinski definition) is 2. The van der Waals surface area contributed by atoms with Crippen molar-refractivity contribution in [2.75, 3.05) is 46.2 Å². The summed E-state index contributed by atoms with van der Waals surface area (Å²) in [5, 5.41) is 2.48. The second-order valence-corrected chi connectivity index (χ2v) is 8.62. The molecular formula is C25H28NO12P. The first kappa shape index (κ1) is 32.8. The van der Waals surface area contributed by atoms with E-state index < -0.39 is 51.6 Å². The molecule has 0 heterocycles. The minimum Gasteiger partial charge on any atom is -0.477 e. The molecule has 2 atom stereocenters. The first-order valence-electron chi connectivity index (χ1n) is 11.1. The first-order chi connectivity index (χ1) is 18.5. The minimum absolute atomic E-state index is 0.0558. The van der Waals surface area contributed by atoms with Crippen LogP contribution in [0.3, 0.4) is 0 Å². The van der Waals surface area contributed by atoms with E-state index in [1.165, 1.54) is 12.1 Å². The van der Waals surface area contributed by atoms with Gasteiger partial charge in [0, 0.05) is 26.0 Å². The number of rotatable bonds is 17. The summed E-state index contributed by atoms with van der Waals surface area (Å²) in [6.45, 7) is 0.171. The van der Waals surface area contributed by atoms with Crippen LogP contribution in [0.1, 0.15) is 24.2 Å². The summed E-state index contributed by atoms with van der Waals surface area (Å²) >= 11 is 0.